The predicted octanol–water partition coefficient (Wildman–Crippen LogP) is 1.40. The number of carboxylic acid groups (broad SMARTS) is 2. The number of halogens is 3. The Morgan fingerprint density at radius 1 is 1.10 bits per heavy atom. The van der Waals surface area contributed by atoms with Gasteiger partial charge in [0, 0.05) is 0 Å². The van der Waals surface area contributed by atoms with Crippen molar-refractivity contribution in [1.82, 2.24) is 0 Å². The van der Waals surface area contributed by atoms with Crippen LogP contribution in [-0.4, -0.2) is 50.2 Å². The molecule has 0 aromatic rings. The lowest BCUT2D eigenvalue weighted by molar-refractivity contribution is -0.253. The Balaban J connectivity index is 0.000000384. The SMILES string of the molecule is CC(O)(C(=O)O)C(F)(F)F.O=C(O)C(O)C1CCCCC1. The number of rotatable bonds is 3. The highest BCUT2D eigenvalue weighted by molar-refractivity contribution is 5.77. The number of aliphatic hydroxyl groups is 2. The molecule has 9 heteroatoms. The molecule has 0 heterocycles. The summed E-state index contributed by atoms with van der Waals surface area (Å²) < 4.78 is 34.4. The summed E-state index contributed by atoms with van der Waals surface area (Å²) in [6.07, 6.45) is -1.21. The molecule has 4 N–H and O–H groups in total. The molecule has 0 bridgehead atoms. The van der Waals surface area contributed by atoms with Crippen molar-refractivity contribution in [3.05, 3.63) is 0 Å². The summed E-state index contributed by atoms with van der Waals surface area (Å²) in [7, 11) is 0. The van der Waals surface area contributed by atoms with Crippen LogP contribution in [0.3, 0.4) is 0 Å². The molecule has 2 atom stereocenters. The van der Waals surface area contributed by atoms with Gasteiger partial charge in [-0.1, -0.05) is 19.3 Å². The van der Waals surface area contributed by atoms with Crippen molar-refractivity contribution in [2.24, 2.45) is 5.92 Å². The van der Waals surface area contributed by atoms with Gasteiger partial charge >= 0.3 is 18.1 Å². The first-order chi connectivity index (χ1) is 9.41. The third kappa shape index (κ3) is 5.88. The van der Waals surface area contributed by atoms with E-state index in [1.807, 2.05) is 0 Å². The van der Waals surface area contributed by atoms with Crippen LogP contribution in [0, 0.1) is 5.92 Å². The minimum atomic E-state index is -5.13. The number of hydrogen-bond donors (Lipinski definition) is 4. The number of aliphatic carboxylic acids is 2. The molecule has 0 spiro atoms. The predicted molar refractivity (Wildman–Crippen MR) is 64.5 cm³/mol. The van der Waals surface area contributed by atoms with E-state index in [1.54, 1.807) is 0 Å². The van der Waals surface area contributed by atoms with Gasteiger partial charge in [-0.05, 0) is 25.7 Å². The van der Waals surface area contributed by atoms with E-state index in [0.717, 1.165) is 25.7 Å². The van der Waals surface area contributed by atoms with E-state index < -0.39 is 29.8 Å². The van der Waals surface area contributed by atoms with Crippen molar-refractivity contribution in [2.75, 3.05) is 0 Å². The van der Waals surface area contributed by atoms with E-state index in [0.29, 0.717) is 0 Å². The fourth-order valence-electron chi connectivity index (χ4n) is 1.77. The Labute approximate surface area is 119 Å². The number of carbonyl (C=O) groups is 2. The van der Waals surface area contributed by atoms with Crippen molar-refractivity contribution >= 4 is 11.9 Å². The van der Waals surface area contributed by atoms with Gasteiger partial charge in [-0.2, -0.15) is 13.2 Å². The third-order valence-corrected chi connectivity index (χ3v) is 3.32. The Morgan fingerprint density at radius 3 is 1.76 bits per heavy atom. The van der Waals surface area contributed by atoms with Crippen LogP contribution < -0.4 is 0 Å². The molecule has 21 heavy (non-hydrogen) atoms. The maximum absolute atomic E-state index is 11.5. The van der Waals surface area contributed by atoms with Crippen LogP contribution in [0.2, 0.25) is 0 Å². The quantitative estimate of drug-likeness (QED) is 0.625. The summed E-state index contributed by atoms with van der Waals surface area (Å²) in [5.74, 6) is -3.38. The van der Waals surface area contributed by atoms with E-state index in [-0.39, 0.29) is 12.8 Å². The van der Waals surface area contributed by atoms with Crippen molar-refractivity contribution < 1.29 is 43.2 Å². The average Bonchev–Trinajstić information content (AvgIpc) is 2.38. The normalized spacial score (nSPS) is 20.7. The van der Waals surface area contributed by atoms with E-state index in [1.165, 1.54) is 6.42 Å². The standard InChI is InChI=1S/C8H14O3.C4H5F3O3/c9-7(8(10)11)6-4-2-1-3-5-6;1-3(10,2(8)9)4(5,6)7/h6-7,9H,1-5H2,(H,10,11);10H,1H3,(H,8,9). The third-order valence-electron chi connectivity index (χ3n) is 3.32. The summed E-state index contributed by atoms with van der Waals surface area (Å²) in [5.41, 5.74) is -3.65. The Bertz CT molecular complexity index is 360. The smallest absolute Gasteiger partial charge is 0.427 e. The molecule has 1 aliphatic carbocycles. The zero-order valence-corrected chi connectivity index (χ0v) is 11.4. The van der Waals surface area contributed by atoms with Gasteiger partial charge in [0.2, 0.25) is 0 Å². The van der Waals surface area contributed by atoms with Gasteiger partial charge in [0.1, 0.15) is 0 Å². The summed E-state index contributed by atoms with van der Waals surface area (Å²) in [6, 6.07) is 0. The molecular formula is C12H19F3O6. The Kier molecular flexibility index (Phi) is 7.11. The van der Waals surface area contributed by atoms with Gasteiger partial charge in [-0.15, -0.1) is 0 Å². The van der Waals surface area contributed by atoms with Gasteiger partial charge in [0.05, 0.1) is 0 Å². The Hall–Kier alpha value is -1.35. The zero-order valence-electron chi connectivity index (χ0n) is 11.4. The molecule has 0 aliphatic heterocycles. The lowest BCUT2D eigenvalue weighted by Crippen LogP contribution is -2.49. The number of alkyl halides is 3. The van der Waals surface area contributed by atoms with Crippen LogP contribution >= 0.6 is 0 Å². The lowest BCUT2D eigenvalue weighted by Gasteiger charge is -2.23. The van der Waals surface area contributed by atoms with Gasteiger partial charge in [-0.3, -0.25) is 0 Å². The van der Waals surface area contributed by atoms with Crippen molar-refractivity contribution in [3.63, 3.8) is 0 Å². The number of carboxylic acids is 2. The summed E-state index contributed by atoms with van der Waals surface area (Å²) in [5, 5.41) is 33.6. The lowest BCUT2D eigenvalue weighted by atomic mass is 9.85. The second-order valence-electron chi connectivity index (χ2n) is 5.06. The largest absolute Gasteiger partial charge is 0.479 e. The molecule has 0 saturated heterocycles. The molecular weight excluding hydrogens is 297 g/mol. The highest BCUT2D eigenvalue weighted by Crippen LogP contribution is 2.29. The van der Waals surface area contributed by atoms with E-state index in [4.69, 9.17) is 20.4 Å². The maximum Gasteiger partial charge on any atom is 0.427 e. The van der Waals surface area contributed by atoms with Crippen LogP contribution in [0.1, 0.15) is 39.0 Å². The van der Waals surface area contributed by atoms with Gasteiger partial charge < -0.3 is 20.4 Å². The topological polar surface area (TPSA) is 115 Å². The summed E-state index contributed by atoms with van der Waals surface area (Å²) in [4.78, 5) is 20.0. The molecule has 0 aromatic carbocycles. The minimum Gasteiger partial charge on any atom is -0.479 e. The minimum absolute atomic E-state index is 0.00116. The molecule has 124 valence electrons. The summed E-state index contributed by atoms with van der Waals surface area (Å²) >= 11 is 0. The van der Waals surface area contributed by atoms with Crippen molar-refractivity contribution in [2.45, 2.75) is 56.9 Å². The first kappa shape index (κ1) is 19.7. The average molecular weight is 316 g/mol. The molecule has 6 nitrogen and oxygen atoms in total. The Morgan fingerprint density at radius 2 is 1.52 bits per heavy atom. The van der Waals surface area contributed by atoms with Crippen molar-refractivity contribution in [1.29, 1.82) is 0 Å². The second kappa shape index (κ2) is 7.60. The van der Waals surface area contributed by atoms with Gasteiger partial charge in [-0.25, -0.2) is 9.59 Å². The van der Waals surface area contributed by atoms with Crippen LogP contribution in [0.5, 0.6) is 0 Å². The second-order valence-corrected chi connectivity index (χ2v) is 5.06. The van der Waals surface area contributed by atoms with Crippen LogP contribution in [0.15, 0.2) is 0 Å². The molecule has 1 saturated carbocycles. The van der Waals surface area contributed by atoms with Crippen LogP contribution in [0.25, 0.3) is 0 Å². The van der Waals surface area contributed by atoms with E-state index >= 15 is 0 Å². The fraction of sp³-hybridized carbons (Fsp3) is 0.833. The molecule has 1 fully saturated rings. The van der Waals surface area contributed by atoms with Gasteiger partial charge in [0.25, 0.3) is 5.60 Å². The molecule has 1 rings (SSSR count). The highest BCUT2D eigenvalue weighted by atomic mass is 19.4. The monoisotopic (exact) mass is 316 g/mol. The first-order valence-corrected chi connectivity index (χ1v) is 6.34. The molecule has 0 amide bonds. The molecule has 2 unspecified atom stereocenters. The van der Waals surface area contributed by atoms with Crippen LogP contribution in [0.4, 0.5) is 13.2 Å². The summed E-state index contributed by atoms with van der Waals surface area (Å²) in [6.45, 7) is 0.176. The molecule has 1 aliphatic rings. The van der Waals surface area contributed by atoms with Gasteiger partial charge in [0.15, 0.2) is 6.10 Å². The fourth-order valence-corrected chi connectivity index (χ4v) is 1.77. The van der Waals surface area contributed by atoms with Crippen LogP contribution in [-0.2, 0) is 9.59 Å². The first-order valence-electron chi connectivity index (χ1n) is 6.34. The van der Waals surface area contributed by atoms with Crippen molar-refractivity contribution in [3.8, 4) is 0 Å². The highest BCUT2D eigenvalue weighted by Gasteiger charge is 2.56. The van der Waals surface area contributed by atoms with E-state index in [9.17, 15) is 22.8 Å². The maximum atomic E-state index is 11.5. The number of aliphatic hydroxyl groups excluding tert-OH is 1. The van der Waals surface area contributed by atoms with E-state index in [2.05, 4.69) is 0 Å². The number of hydrogen-bond acceptors (Lipinski definition) is 4. The zero-order chi connectivity index (χ0) is 16.8. The molecule has 0 radical (unpaired) electrons. The molecule has 0 aromatic heterocycles.